The van der Waals surface area contributed by atoms with Crippen molar-refractivity contribution in [1.29, 1.82) is 0 Å². The average Bonchev–Trinajstić information content (AvgIpc) is 2.46. The number of hydrogen-bond donors (Lipinski definition) is 2. The smallest absolute Gasteiger partial charge is 0.119 e. The average molecular weight is 277 g/mol. The first-order valence-electron chi connectivity index (χ1n) is 7.88. The second-order valence-electron chi connectivity index (χ2n) is 5.81. The molecule has 1 aliphatic rings. The second-order valence-corrected chi connectivity index (χ2v) is 5.81. The molecule has 0 heterocycles. The van der Waals surface area contributed by atoms with Gasteiger partial charge in [0, 0.05) is 6.54 Å². The lowest BCUT2D eigenvalue weighted by molar-refractivity contribution is 0.101. The van der Waals surface area contributed by atoms with Gasteiger partial charge in [0.15, 0.2) is 0 Å². The van der Waals surface area contributed by atoms with Crippen LogP contribution >= 0.6 is 0 Å². The zero-order valence-electron chi connectivity index (χ0n) is 12.5. The third-order valence-corrected chi connectivity index (χ3v) is 3.91. The number of aliphatic hydroxyl groups excluding tert-OH is 1. The summed E-state index contributed by atoms with van der Waals surface area (Å²) in [5.74, 6) is 1.58. The highest BCUT2D eigenvalue weighted by Crippen LogP contribution is 2.23. The molecule has 1 fully saturated rings. The summed E-state index contributed by atoms with van der Waals surface area (Å²) in [4.78, 5) is 0. The molecule has 0 saturated heterocycles. The summed E-state index contributed by atoms with van der Waals surface area (Å²) in [6.45, 7) is 4.79. The Morgan fingerprint density at radius 3 is 2.75 bits per heavy atom. The van der Waals surface area contributed by atoms with E-state index in [1.807, 2.05) is 12.1 Å². The van der Waals surface area contributed by atoms with Crippen LogP contribution in [0.2, 0.25) is 0 Å². The molecule has 0 aliphatic heterocycles. The minimum atomic E-state index is -0.0782. The number of hydrogen-bond acceptors (Lipinski definition) is 3. The van der Waals surface area contributed by atoms with E-state index in [0.717, 1.165) is 51.1 Å². The lowest BCUT2D eigenvalue weighted by Crippen LogP contribution is -2.28. The first-order valence-corrected chi connectivity index (χ1v) is 7.88. The molecule has 3 heteroatoms. The van der Waals surface area contributed by atoms with Crippen LogP contribution in [0.1, 0.15) is 44.6 Å². The van der Waals surface area contributed by atoms with E-state index in [0.29, 0.717) is 5.92 Å². The van der Waals surface area contributed by atoms with Crippen LogP contribution in [0.3, 0.4) is 0 Å². The van der Waals surface area contributed by atoms with Gasteiger partial charge in [0.25, 0.3) is 0 Å². The minimum absolute atomic E-state index is 0.0782. The van der Waals surface area contributed by atoms with Gasteiger partial charge in [0.05, 0.1) is 12.7 Å². The Morgan fingerprint density at radius 2 is 2.05 bits per heavy atom. The van der Waals surface area contributed by atoms with Crippen LogP contribution in [0.15, 0.2) is 24.3 Å². The SMILES string of the molecule is CCCOc1ccc(CNCC2CCCC(O)C2)cc1. The molecule has 0 radical (unpaired) electrons. The van der Waals surface area contributed by atoms with Crippen LogP contribution in [-0.4, -0.2) is 24.4 Å². The molecule has 0 spiro atoms. The Balaban J connectivity index is 1.68. The van der Waals surface area contributed by atoms with E-state index in [1.165, 1.54) is 12.0 Å². The van der Waals surface area contributed by atoms with E-state index in [-0.39, 0.29) is 6.10 Å². The van der Waals surface area contributed by atoms with Gasteiger partial charge in [-0.05, 0) is 55.8 Å². The number of nitrogens with one attached hydrogen (secondary N) is 1. The van der Waals surface area contributed by atoms with Crippen molar-refractivity contribution in [2.75, 3.05) is 13.2 Å². The molecule has 3 nitrogen and oxygen atoms in total. The van der Waals surface area contributed by atoms with Crippen molar-refractivity contribution >= 4 is 0 Å². The predicted octanol–water partition coefficient (Wildman–Crippen LogP) is 3.12. The summed E-state index contributed by atoms with van der Waals surface area (Å²) in [7, 11) is 0. The maximum absolute atomic E-state index is 9.66. The zero-order chi connectivity index (χ0) is 14.2. The Hall–Kier alpha value is -1.06. The number of rotatable bonds is 7. The molecule has 0 aromatic heterocycles. The summed E-state index contributed by atoms with van der Waals surface area (Å²) in [5, 5.41) is 13.2. The molecular formula is C17H27NO2. The quantitative estimate of drug-likeness (QED) is 0.804. The van der Waals surface area contributed by atoms with Gasteiger partial charge in [-0.2, -0.15) is 0 Å². The monoisotopic (exact) mass is 277 g/mol. The summed E-state index contributed by atoms with van der Waals surface area (Å²) in [5.41, 5.74) is 1.28. The molecule has 112 valence electrons. The van der Waals surface area contributed by atoms with Crippen LogP contribution < -0.4 is 10.1 Å². The summed E-state index contributed by atoms with van der Waals surface area (Å²) < 4.78 is 5.57. The van der Waals surface area contributed by atoms with Crippen molar-refractivity contribution in [2.24, 2.45) is 5.92 Å². The van der Waals surface area contributed by atoms with E-state index in [4.69, 9.17) is 4.74 Å². The van der Waals surface area contributed by atoms with Gasteiger partial charge in [-0.25, -0.2) is 0 Å². The first-order chi connectivity index (χ1) is 9.78. The molecular weight excluding hydrogens is 250 g/mol. The fourth-order valence-corrected chi connectivity index (χ4v) is 2.79. The largest absolute Gasteiger partial charge is 0.494 e. The van der Waals surface area contributed by atoms with E-state index < -0.39 is 0 Å². The molecule has 2 atom stereocenters. The maximum atomic E-state index is 9.66. The number of ether oxygens (including phenoxy) is 1. The molecule has 20 heavy (non-hydrogen) atoms. The van der Waals surface area contributed by atoms with Crippen LogP contribution in [0.25, 0.3) is 0 Å². The van der Waals surface area contributed by atoms with E-state index in [9.17, 15) is 5.11 Å². The van der Waals surface area contributed by atoms with Crippen molar-refractivity contribution in [3.05, 3.63) is 29.8 Å². The molecule has 0 bridgehead atoms. The lowest BCUT2D eigenvalue weighted by Gasteiger charge is -2.26. The molecule has 2 N–H and O–H groups in total. The van der Waals surface area contributed by atoms with E-state index in [2.05, 4.69) is 24.4 Å². The molecule has 1 aromatic carbocycles. The molecule has 1 aromatic rings. The highest BCUT2D eigenvalue weighted by molar-refractivity contribution is 5.27. The molecule has 2 unspecified atom stereocenters. The fraction of sp³-hybridized carbons (Fsp3) is 0.647. The van der Waals surface area contributed by atoms with Crippen molar-refractivity contribution in [3.8, 4) is 5.75 Å². The van der Waals surface area contributed by atoms with Gasteiger partial charge < -0.3 is 15.2 Å². The molecule has 0 amide bonds. The third-order valence-electron chi connectivity index (χ3n) is 3.91. The normalized spacial score (nSPS) is 22.7. The fourth-order valence-electron chi connectivity index (χ4n) is 2.79. The van der Waals surface area contributed by atoms with Crippen LogP contribution in [0.5, 0.6) is 5.75 Å². The van der Waals surface area contributed by atoms with Crippen molar-refractivity contribution in [1.82, 2.24) is 5.32 Å². The van der Waals surface area contributed by atoms with Gasteiger partial charge in [0.1, 0.15) is 5.75 Å². The van der Waals surface area contributed by atoms with Gasteiger partial charge >= 0.3 is 0 Å². The first kappa shape index (κ1) is 15.3. The predicted molar refractivity (Wildman–Crippen MR) is 81.9 cm³/mol. The molecule has 1 aliphatic carbocycles. The molecule has 1 saturated carbocycles. The van der Waals surface area contributed by atoms with Gasteiger partial charge in [0.2, 0.25) is 0 Å². The van der Waals surface area contributed by atoms with Gasteiger partial charge in [-0.15, -0.1) is 0 Å². The van der Waals surface area contributed by atoms with Crippen LogP contribution in [-0.2, 0) is 6.54 Å². The standard InChI is InChI=1S/C17H27NO2/c1-2-10-20-17-8-6-14(7-9-17)12-18-13-15-4-3-5-16(19)11-15/h6-9,15-16,18-19H,2-5,10-13H2,1H3. The molecule has 2 rings (SSSR count). The number of aliphatic hydroxyl groups is 1. The lowest BCUT2D eigenvalue weighted by atomic mass is 9.87. The summed E-state index contributed by atoms with van der Waals surface area (Å²) >= 11 is 0. The maximum Gasteiger partial charge on any atom is 0.119 e. The third kappa shape index (κ3) is 5.14. The Morgan fingerprint density at radius 1 is 1.25 bits per heavy atom. The second kappa shape index (κ2) is 8.28. The Kier molecular flexibility index (Phi) is 6.34. The summed E-state index contributed by atoms with van der Waals surface area (Å²) in [6.07, 6.45) is 5.30. The van der Waals surface area contributed by atoms with Gasteiger partial charge in [-0.3, -0.25) is 0 Å². The van der Waals surface area contributed by atoms with E-state index >= 15 is 0 Å². The van der Waals surface area contributed by atoms with Gasteiger partial charge in [-0.1, -0.05) is 25.5 Å². The van der Waals surface area contributed by atoms with Crippen LogP contribution in [0, 0.1) is 5.92 Å². The minimum Gasteiger partial charge on any atom is -0.494 e. The van der Waals surface area contributed by atoms with Crippen molar-refractivity contribution in [3.63, 3.8) is 0 Å². The Labute approximate surface area is 122 Å². The number of benzene rings is 1. The van der Waals surface area contributed by atoms with Crippen LogP contribution in [0.4, 0.5) is 0 Å². The Bertz CT molecular complexity index is 377. The highest BCUT2D eigenvalue weighted by Gasteiger charge is 2.19. The van der Waals surface area contributed by atoms with Crippen molar-refractivity contribution < 1.29 is 9.84 Å². The topological polar surface area (TPSA) is 41.5 Å². The van der Waals surface area contributed by atoms with E-state index in [1.54, 1.807) is 0 Å². The van der Waals surface area contributed by atoms with Crippen molar-refractivity contribution in [2.45, 2.75) is 51.7 Å². The zero-order valence-corrected chi connectivity index (χ0v) is 12.5. The summed E-state index contributed by atoms with van der Waals surface area (Å²) in [6, 6.07) is 8.31. The highest BCUT2D eigenvalue weighted by atomic mass is 16.5.